The number of rotatable bonds is 10. The third-order valence-corrected chi connectivity index (χ3v) is 5.32. The topological polar surface area (TPSA) is 72.0 Å². The van der Waals surface area contributed by atoms with E-state index in [-0.39, 0.29) is 24.0 Å². The Hall–Kier alpha value is -1.81. The number of nitrogens with zero attached hydrogens (tertiary/aromatic N) is 1. The molecule has 1 atom stereocenters. The highest BCUT2D eigenvalue weighted by Crippen LogP contribution is 2.27. The second kappa shape index (κ2) is 14.2. The molecule has 0 aliphatic heterocycles. The fourth-order valence-corrected chi connectivity index (χ4v) is 3.64. The molecule has 0 amide bonds. The Morgan fingerprint density at radius 2 is 1.72 bits per heavy atom. The van der Waals surface area contributed by atoms with Crippen molar-refractivity contribution in [3.05, 3.63) is 59.7 Å². The lowest BCUT2D eigenvalue weighted by molar-refractivity contribution is 0.354. The molecule has 2 aromatic rings. The fourth-order valence-electron chi connectivity index (χ4n) is 2.61. The maximum absolute atomic E-state index is 12.2. The summed E-state index contributed by atoms with van der Waals surface area (Å²) in [6.45, 7) is 3.87. The van der Waals surface area contributed by atoms with Crippen molar-refractivity contribution < 1.29 is 13.7 Å². The van der Waals surface area contributed by atoms with Crippen LogP contribution in [0.1, 0.15) is 18.1 Å². The Morgan fingerprint density at radius 1 is 1.00 bits per heavy atom. The highest BCUT2D eigenvalue weighted by Gasteiger charge is 2.06. The average molecular weight is 531 g/mol. The van der Waals surface area contributed by atoms with Gasteiger partial charge in [-0.15, -0.1) is 24.0 Å². The number of benzene rings is 2. The summed E-state index contributed by atoms with van der Waals surface area (Å²) in [5, 5.41) is 6.46. The number of hydrogen-bond donors (Lipinski definition) is 2. The molecule has 1 unspecified atom stereocenters. The summed E-state index contributed by atoms with van der Waals surface area (Å²) in [6.07, 6.45) is 0. The molecule has 2 rings (SSSR count). The van der Waals surface area contributed by atoms with E-state index in [1.807, 2.05) is 55.5 Å². The van der Waals surface area contributed by atoms with Crippen molar-refractivity contribution >= 4 is 40.7 Å². The van der Waals surface area contributed by atoms with Gasteiger partial charge < -0.3 is 20.1 Å². The van der Waals surface area contributed by atoms with Crippen molar-refractivity contribution in [1.82, 2.24) is 10.6 Å². The Morgan fingerprint density at radius 3 is 2.38 bits per heavy atom. The van der Waals surface area contributed by atoms with E-state index in [9.17, 15) is 4.21 Å². The van der Waals surface area contributed by atoms with Crippen molar-refractivity contribution in [3.63, 3.8) is 0 Å². The van der Waals surface area contributed by atoms with E-state index < -0.39 is 10.8 Å². The first-order valence-electron chi connectivity index (χ1n) is 9.28. The van der Waals surface area contributed by atoms with Gasteiger partial charge in [0.15, 0.2) is 17.5 Å². The SMILES string of the molecule is CCNC(=NCc1ccc(OC)c(OC)c1)NCCS(=O)Cc1ccccc1.I. The van der Waals surface area contributed by atoms with Crippen LogP contribution in [0.2, 0.25) is 0 Å². The van der Waals surface area contributed by atoms with Crippen LogP contribution >= 0.6 is 24.0 Å². The van der Waals surface area contributed by atoms with Crippen molar-refractivity contribution in [2.45, 2.75) is 19.2 Å². The summed E-state index contributed by atoms with van der Waals surface area (Å²) in [6, 6.07) is 15.6. The summed E-state index contributed by atoms with van der Waals surface area (Å²) in [7, 11) is 2.32. The molecule has 2 aromatic carbocycles. The van der Waals surface area contributed by atoms with Gasteiger partial charge in [-0.3, -0.25) is 4.21 Å². The van der Waals surface area contributed by atoms with Crippen LogP contribution in [0.15, 0.2) is 53.5 Å². The highest BCUT2D eigenvalue weighted by atomic mass is 127. The standard InChI is InChI=1S/C21H29N3O3S.HI/c1-4-22-21(23-12-13-28(25)16-17-8-6-5-7-9-17)24-15-18-10-11-19(26-2)20(14-18)27-3;/h5-11,14H,4,12-13,15-16H2,1-3H3,(H2,22,23,24);1H. The van der Waals surface area contributed by atoms with Crippen LogP contribution in [-0.4, -0.2) is 43.2 Å². The van der Waals surface area contributed by atoms with Gasteiger partial charge in [0.25, 0.3) is 0 Å². The molecule has 2 N–H and O–H groups in total. The van der Waals surface area contributed by atoms with E-state index in [0.717, 1.165) is 17.7 Å². The molecule has 0 radical (unpaired) electrons. The molecular weight excluding hydrogens is 501 g/mol. The van der Waals surface area contributed by atoms with Crippen LogP contribution in [0.4, 0.5) is 0 Å². The van der Waals surface area contributed by atoms with Crippen LogP contribution in [0.3, 0.4) is 0 Å². The zero-order valence-corrected chi connectivity index (χ0v) is 20.3. The quantitative estimate of drug-likeness (QED) is 0.280. The third kappa shape index (κ3) is 9.03. The predicted octanol–water partition coefficient (Wildman–Crippen LogP) is 3.33. The van der Waals surface area contributed by atoms with Crippen molar-refractivity contribution in [2.24, 2.45) is 4.99 Å². The molecule has 0 bridgehead atoms. The van der Waals surface area contributed by atoms with E-state index >= 15 is 0 Å². The van der Waals surface area contributed by atoms with Gasteiger partial charge in [-0.1, -0.05) is 36.4 Å². The minimum absolute atomic E-state index is 0. The maximum Gasteiger partial charge on any atom is 0.191 e. The molecular formula is C21H30IN3O3S. The molecule has 0 fully saturated rings. The lowest BCUT2D eigenvalue weighted by Crippen LogP contribution is -2.39. The van der Waals surface area contributed by atoms with E-state index in [0.29, 0.717) is 42.1 Å². The number of methoxy groups -OCH3 is 2. The molecule has 6 nitrogen and oxygen atoms in total. The van der Waals surface area contributed by atoms with Gasteiger partial charge in [0.1, 0.15) is 0 Å². The number of ether oxygens (including phenoxy) is 2. The minimum atomic E-state index is -0.915. The summed E-state index contributed by atoms with van der Waals surface area (Å²) < 4.78 is 22.8. The molecule has 0 heterocycles. The summed E-state index contributed by atoms with van der Waals surface area (Å²) >= 11 is 0. The van der Waals surface area contributed by atoms with Crippen LogP contribution in [0.25, 0.3) is 0 Å². The monoisotopic (exact) mass is 531 g/mol. The number of nitrogens with one attached hydrogen (secondary N) is 2. The van der Waals surface area contributed by atoms with Crippen molar-refractivity contribution in [3.8, 4) is 11.5 Å². The van der Waals surface area contributed by atoms with E-state index in [1.54, 1.807) is 14.2 Å². The van der Waals surface area contributed by atoms with Gasteiger partial charge in [-0.25, -0.2) is 4.99 Å². The van der Waals surface area contributed by atoms with Crippen LogP contribution < -0.4 is 20.1 Å². The molecule has 8 heteroatoms. The number of halogens is 1. The molecule has 0 saturated heterocycles. The Balaban J connectivity index is 0.00000420. The van der Waals surface area contributed by atoms with Gasteiger partial charge in [-0.2, -0.15) is 0 Å². The van der Waals surface area contributed by atoms with Crippen molar-refractivity contribution in [1.29, 1.82) is 0 Å². The normalized spacial score (nSPS) is 11.9. The van der Waals surface area contributed by atoms with Crippen LogP contribution in [0.5, 0.6) is 11.5 Å². The molecule has 0 aliphatic carbocycles. The lowest BCUT2D eigenvalue weighted by atomic mass is 10.2. The third-order valence-electron chi connectivity index (χ3n) is 4.00. The van der Waals surface area contributed by atoms with Gasteiger partial charge in [0.05, 0.1) is 20.8 Å². The minimum Gasteiger partial charge on any atom is -0.493 e. The number of hydrogen-bond acceptors (Lipinski definition) is 4. The van der Waals surface area contributed by atoms with Gasteiger partial charge in [0, 0.05) is 35.4 Å². The Kier molecular flexibility index (Phi) is 12.4. The number of guanidine groups is 1. The smallest absolute Gasteiger partial charge is 0.191 e. The van der Waals surface area contributed by atoms with Gasteiger partial charge >= 0.3 is 0 Å². The summed E-state index contributed by atoms with van der Waals surface area (Å²) in [4.78, 5) is 4.59. The first-order valence-corrected chi connectivity index (χ1v) is 10.8. The van der Waals surface area contributed by atoms with Crippen LogP contribution in [0, 0.1) is 0 Å². The molecule has 29 heavy (non-hydrogen) atoms. The van der Waals surface area contributed by atoms with Gasteiger partial charge in [0.2, 0.25) is 0 Å². The lowest BCUT2D eigenvalue weighted by Gasteiger charge is -2.12. The molecule has 0 aliphatic rings. The summed E-state index contributed by atoms with van der Waals surface area (Å²) in [5.41, 5.74) is 2.11. The first kappa shape index (κ1) is 25.2. The Labute approximate surface area is 193 Å². The second-order valence-corrected chi connectivity index (χ2v) is 7.66. The molecule has 160 valence electrons. The largest absolute Gasteiger partial charge is 0.493 e. The van der Waals surface area contributed by atoms with E-state index in [1.165, 1.54) is 0 Å². The maximum atomic E-state index is 12.2. The first-order chi connectivity index (χ1) is 13.7. The highest BCUT2D eigenvalue weighted by molar-refractivity contribution is 14.0. The van der Waals surface area contributed by atoms with E-state index in [2.05, 4.69) is 15.6 Å². The molecule has 0 aromatic heterocycles. The van der Waals surface area contributed by atoms with Crippen LogP contribution in [-0.2, 0) is 23.1 Å². The molecule has 0 saturated carbocycles. The molecule has 0 spiro atoms. The Bertz CT molecular complexity index is 788. The van der Waals surface area contributed by atoms with Gasteiger partial charge in [-0.05, 0) is 30.2 Å². The fraction of sp³-hybridized carbons (Fsp3) is 0.381. The van der Waals surface area contributed by atoms with E-state index in [4.69, 9.17) is 9.47 Å². The second-order valence-electron chi connectivity index (χ2n) is 6.09. The summed E-state index contributed by atoms with van der Waals surface area (Å²) in [5.74, 6) is 3.22. The average Bonchev–Trinajstić information content (AvgIpc) is 2.72. The zero-order valence-electron chi connectivity index (χ0n) is 17.1. The zero-order chi connectivity index (χ0) is 20.2. The number of aliphatic imine (C=N–C) groups is 1. The van der Waals surface area contributed by atoms with Crippen molar-refractivity contribution in [2.75, 3.05) is 33.1 Å². The predicted molar refractivity (Wildman–Crippen MR) is 131 cm³/mol.